The van der Waals surface area contributed by atoms with Crippen LogP contribution in [0.5, 0.6) is 0 Å². The van der Waals surface area contributed by atoms with Crippen molar-refractivity contribution in [3.8, 4) is 0 Å². The fraction of sp³-hybridized carbons (Fsp3) is 0.750. The average Bonchev–Trinajstić information content (AvgIpc) is 2.37. The third kappa shape index (κ3) is 3.25. The number of hydrogen-bond donors (Lipinski definition) is 1. The van der Waals surface area contributed by atoms with E-state index in [0.717, 1.165) is 16.4 Å². The number of aryl methyl sites for hydroxylation is 1. The van der Waals surface area contributed by atoms with Gasteiger partial charge < -0.3 is 4.98 Å². The lowest BCUT2D eigenvalue weighted by atomic mass is 9.80. The lowest BCUT2D eigenvalue weighted by molar-refractivity contribution is 0.306. The highest BCUT2D eigenvalue weighted by Gasteiger charge is 2.24. The first-order valence-corrected chi connectivity index (χ1v) is 8.04. The number of aromatic nitrogens is 2. The highest BCUT2D eigenvalue weighted by molar-refractivity contribution is 7.71. The van der Waals surface area contributed by atoms with Gasteiger partial charge in [-0.2, -0.15) is 0 Å². The Balaban J connectivity index is 2.29. The minimum Gasteiger partial charge on any atom is -0.347 e. The molecule has 0 aliphatic heterocycles. The van der Waals surface area contributed by atoms with Crippen molar-refractivity contribution in [2.24, 2.45) is 5.92 Å². The third-order valence-electron chi connectivity index (χ3n) is 4.50. The summed E-state index contributed by atoms with van der Waals surface area (Å²) in [7, 11) is 0. The Morgan fingerprint density at radius 1 is 1.37 bits per heavy atom. The number of hydrogen-bond acceptors (Lipinski definition) is 2. The van der Waals surface area contributed by atoms with Gasteiger partial charge in [-0.3, -0.25) is 0 Å². The molecule has 1 fully saturated rings. The zero-order valence-electron chi connectivity index (χ0n) is 12.6. The van der Waals surface area contributed by atoms with Gasteiger partial charge in [0, 0.05) is 17.2 Å². The molecule has 19 heavy (non-hydrogen) atoms. The van der Waals surface area contributed by atoms with Gasteiger partial charge in [0.15, 0.2) is 0 Å². The molecule has 1 aliphatic carbocycles. The molecule has 106 valence electrons. The van der Waals surface area contributed by atoms with Gasteiger partial charge in [0.1, 0.15) is 10.5 Å². The quantitative estimate of drug-likeness (QED) is 0.764. The second-order valence-electron chi connectivity index (χ2n) is 6.26. The Morgan fingerprint density at radius 3 is 2.68 bits per heavy atom. The van der Waals surface area contributed by atoms with Crippen LogP contribution in [0.25, 0.3) is 0 Å². The summed E-state index contributed by atoms with van der Waals surface area (Å²) in [5, 5.41) is 0. The molecule has 1 saturated carbocycles. The molecule has 2 nitrogen and oxygen atoms in total. The van der Waals surface area contributed by atoms with E-state index in [1.54, 1.807) is 0 Å². The standard InChI is InChI=1S/C16H26N2S/c1-5-12-7-6-8-13(9-12)15-17-11(4)14(10(2)3)16(19)18-15/h10,12-13H,5-9H2,1-4H3,(H,17,18,19). The van der Waals surface area contributed by atoms with Crippen LogP contribution < -0.4 is 0 Å². The van der Waals surface area contributed by atoms with Gasteiger partial charge in [0.25, 0.3) is 0 Å². The van der Waals surface area contributed by atoms with Crippen molar-refractivity contribution in [2.75, 3.05) is 0 Å². The van der Waals surface area contributed by atoms with Crippen LogP contribution in [0.1, 0.15) is 81.8 Å². The van der Waals surface area contributed by atoms with Crippen molar-refractivity contribution in [2.45, 2.75) is 71.6 Å². The summed E-state index contributed by atoms with van der Waals surface area (Å²) in [5.74, 6) is 3.03. The molecular formula is C16H26N2S. The van der Waals surface area contributed by atoms with E-state index < -0.39 is 0 Å². The van der Waals surface area contributed by atoms with Crippen LogP contribution in [0.4, 0.5) is 0 Å². The van der Waals surface area contributed by atoms with Crippen LogP contribution in [-0.4, -0.2) is 9.97 Å². The van der Waals surface area contributed by atoms with Gasteiger partial charge in [-0.15, -0.1) is 0 Å². The normalized spacial score (nSPS) is 23.8. The average molecular weight is 278 g/mol. The summed E-state index contributed by atoms with van der Waals surface area (Å²) in [6.07, 6.45) is 6.54. The SMILES string of the molecule is CCC1CCCC(c2nc(=S)c(C(C)C)c(C)[nH]2)C1. The van der Waals surface area contributed by atoms with E-state index in [2.05, 4.69) is 32.7 Å². The van der Waals surface area contributed by atoms with Crippen molar-refractivity contribution < 1.29 is 0 Å². The maximum absolute atomic E-state index is 5.50. The largest absolute Gasteiger partial charge is 0.347 e. The fourth-order valence-electron chi connectivity index (χ4n) is 3.40. The Bertz CT molecular complexity index is 490. The molecule has 0 spiro atoms. The molecule has 2 rings (SSSR count). The summed E-state index contributed by atoms with van der Waals surface area (Å²) >= 11 is 5.50. The Hall–Kier alpha value is -0.700. The monoisotopic (exact) mass is 278 g/mol. The number of rotatable bonds is 3. The number of nitrogens with zero attached hydrogens (tertiary/aromatic N) is 1. The summed E-state index contributed by atoms with van der Waals surface area (Å²) in [6, 6.07) is 0. The molecule has 1 N–H and O–H groups in total. The Morgan fingerprint density at radius 2 is 2.11 bits per heavy atom. The first-order chi connectivity index (χ1) is 9.02. The molecule has 2 atom stereocenters. The van der Waals surface area contributed by atoms with Gasteiger partial charge >= 0.3 is 0 Å². The lowest BCUT2D eigenvalue weighted by Crippen LogP contribution is -2.17. The Labute approximate surface area is 122 Å². The number of nitrogens with one attached hydrogen (secondary N) is 1. The topological polar surface area (TPSA) is 28.7 Å². The van der Waals surface area contributed by atoms with E-state index in [9.17, 15) is 0 Å². The lowest BCUT2D eigenvalue weighted by Gasteiger charge is -2.28. The minimum atomic E-state index is 0.444. The van der Waals surface area contributed by atoms with Gasteiger partial charge in [0.05, 0.1) is 0 Å². The van der Waals surface area contributed by atoms with Crippen LogP contribution in [0.2, 0.25) is 0 Å². The molecule has 0 aromatic carbocycles. The second kappa shape index (κ2) is 6.17. The molecule has 3 heteroatoms. The molecular weight excluding hydrogens is 252 g/mol. The molecule has 1 heterocycles. The maximum Gasteiger partial charge on any atom is 0.133 e. The highest BCUT2D eigenvalue weighted by Crippen LogP contribution is 2.36. The van der Waals surface area contributed by atoms with Crippen LogP contribution in [0, 0.1) is 17.5 Å². The van der Waals surface area contributed by atoms with E-state index in [1.807, 2.05) is 0 Å². The summed E-state index contributed by atoms with van der Waals surface area (Å²) in [4.78, 5) is 8.24. The molecule has 0 amide bonds. The molecule has 0 bridgehead atoms. The van der Waals surface area contributed by atoms with Crippen molar-refractivity contribution in [1.29, 1.82) is 0 Å². The second-order valence-corrected chi connectivity index (χ2v) is 6.65. The number of aromatic amines is 1. The van der Waals surface area contributed by atoms with Crippen LogP contribution in [0.3, 0.4) is 0 Å². The van der Waals surface area contributed by atoms with E-state index in [4.69, 9.17) is 17.2 Å². The summed E-state index contributed by atoms with van der Waals surface area (Å²) in [5.41, 5.74) is 2.42. The van der Waals surface area contributed by atoms with E-state index in [0.29, 0.717) is 11.8 Å². The number of H-pyrrole nitrogens is 1. The summed E-state index contributed by atoms with van der Waals surface area (Å²) in [6.45, 7) is 8.80. The summed E-state index contributed by atoms with van der Waals surface area (Å²) < 4.78 is 0.805. The van der Waals surface area contributed by atoms with Crippen molar-refractivity contribution in [1.82, 2.24) is 9.97 Å². The minimum absolute atomic E-state index is 0.444. The fourth-order valence-corrected chi connectivity index (χ4v) is 3.89. The highest BCUT2D eigenvalue weighted by atomic mass is 32.1. The van der Waals surface area contributed by atoms with Crippen LogP contribution in [0.15, 0.2) is 0 Å². The third-order valence-corrected chi connectivity index (χ3v) is 4.81. The smallest absolute Gasteiger partial charge is 0.133 e. The first kappa shape index (κ1) is 14.7. The maximum atomic E-state index is 5.50. The van der Waals surface area contributed by atoms with E-state index in [1.165, 1.54) is 43.4 Å². The van der Waals surface area contributed by atoms with Crippen molar-refractivity contribution in [3.05, 3.63) is 21.7 Å². The van der Waals surface area contributed by atoms with Crippen LogP contribution in [-0.2, 0) is 0 Å². The predicted molar refractivity (Wildman–Crippen MR) is 83.2 cm³/mol. The zero-order chi connectivity index (χ0) is 14.0. The molecule has 1 aromatic rings. The molecule has 0 radical (unpaired) electrons. The zero-order valence-corrected chi connectivity index (χ0v) is 13.4. The van der Waals surface area contributed by atoms with Gasteiger partial charge in [-0.1, -0.05) is 52.3 Å². The van der Waals surface area contributed by atoms with Crippen molar-refractivity contribution >= 4 is 12.2 Å². The molecule has 2 unspecified atom stereocenters. The Kier molecular flexibility index (Phi) is 4.77. The first-order valence-electron chi connectivity index (χ1n) is 7.63. The molecule has 1 aromatic heterocycles. The van der Waals surface area contributed by atoms with Crippen molar-refractivity contribution in [3.63, 3.8) is 0 Å². The molecule has 0 saturated heterocycles. The van der Waals surface area contributed by atoms with Gasteiger partial charge in [0.2, 0.25) is 0 Å². The van der Waals surface area contributed by atoms with E-state index in [-0.39, 0.29) is 0 Å². The molecule has 1 aliphatic rings. The van der Waals surface area contributed by atoms with Crippen LogP contribution >= 0.6 is 12.2 Å². The predicted octanol–water partition coefficient (Wildman–Crippen LogP) is 5.25. The van der Waals surface area contributed by atoms with E-state index >= 15 is 0 Å². The van der Waals surface area contributed by atoms with Gasteiger partial charge in [-0.25, -0.2) is 4.98 Å². The van der Waals surface area contributed by atoms with Gasteiger partial charge in [-0.05, 0) is 31.6 Å².